The van der Waals surface area contributed by atoms with Gasteiger partial charge in [-0.05, 0) is 33.8 Å². The Morgan fingerprint density at radius 3 is 2.94 bits per heavy atom. The van der Waals surface area contributed by atoms with Crippen molar-refractivity contribution in [2.45, 2.75) is 10.2 Å². The molecule has 3 N–H and O–H groups in total. The molecule has 2 rings (SSSR count). The van der Waals surface area contributed by atoms with Crippen LogP contribution in [0.5, 0.6) is 0 Å². The zero-order chi connectivity index (χ0) is 11.5. The van der Waals surface area contributed by atoms with Crippen molar-refractivity contribution >= 4 is 33.4 Å². The Hall–Kier alpha value is -1.34. The molecule has 2 aromatic rings. The van der Waals surface area contributed by atoms with Crippen molar-refractivity contribution in [3.8, 4) is 0 Å². The van der Waals surface area contributed by atoms with E-state index >= 15 is 0 Å². The van der Waals surface area contributed by atoms with Gasteiger partial charge in [0, 0.05) is 22.9 Å². The third-order valence-corrected chi connectivity index (χ3v) is 3.06. The first-order chi connectivity index (χ1) is 7.65. The third kappa shape index (κ3) is 2.61. The second-order valence-electron chi connectivity index (χ2n) is 2.89. The number of rotatable bonds is 2. The molecular formula is C9H7BrN4OS. The lowest BCUT2D eigenvalue weighted by atomic mass is 10.4. The third-order valence-electron chi connectivity index (χ3n) is 1.69. The van der Waals surface area contributed by atoms with Gasteiger partial charge in [-0.2, -0.15) is 0 Å². The van der Waals surface area contributed by atoms with Crippen LogP contribution in [0.15, 0.2) is 44.0 Å². The minimum absolute atomic E-state index is 0.201. The number of aromatic nitrogens is 3. The summed E-state index contributed by atoms with van der Waals surface area (Å²) in [7, 11) is 0. The highest BCUT2D eigenvalue weighted by Gasteiger charge is 2.05. The fourth-order valence-corrected chi connectivity index (χ4v) is 2.10. The number of pyridine rings is 1. The summed E-state index contributed by atoms with van der Waals surface area (Å²) in [6.45, 7) is 0. The van der Waals surface area contributed by atoms with Gasteiger partial charge in [-0.25, -0.2) is 9.97 Å². The quantitative estimate of drug-likeness (QED) is 0.824. The Bertz CT molecular complexity index is 571. The maximum atomic E-state index is 11.1. The number of hydrogen-bond donors (Lipinski definition) is 2. The van der Waals surface area contributed by atoms with Crippen molar-refractivity contribution in [2.24, 2.45) is 0 Å². The van der Waals surface area contributed by atoms with E-state index in [2.05, 4.69) is 30.9 Å². The van der Waals surface area contributed by atoms with E-state index in [1.807, 2.05) is 0 Å². The summed E-state index contributed by atoms with van der Waals surface area (Å²) < 4.78 is 0.809. The maximum absolute atomic E-state index is 11.1. The maximum Gasteiger partial charge on any atom is 0.251 e. The van der Waals surface area contributed by atoms with E-state index in [4.69, 9.17) is 5.73 Å². The van der Waals surface area contributed by atoms with Crippen LogP contribution in [0.2, 0.25) is 0 Å². The number of anilines is 1. The van der Waals surface area contributed by atoms with Gasteiger partial charge in [0.25, 0.3) is 5.56 Å². The number of halogens is 1. The van der Waals surface area contributed by atoms with E-state index < -0.39 is 0 Å². The Morgan fingerprint density at radius 1 is 1.44 bits per heavy atom. The van der Waals surface area contributed by atoms with Crippen LogP contribution in [0.4, 0.5) is 5.69 Å². The molecule has 2 heterocycles. The molecule has 0 aromatic carbocycles. The molecule has 7 heteroatoms. The topological polar surface area (TPSA) is 84.7 Å². The Morgan fingerprint density at radius 2 is 2.25 bits per heavy atom. The molecule has 0 unspecified atom stereocenters. The SMILES string of the molecule is Nc1cc(Br)cnc1Sc1nccc(=O)[nH]1. The normalized spacial score (nSPS) is 10.3. The number of aromatic amines is 1. The molecule has 0 fully saturated rings. The minimum Gasteiger partial charge on any atom is -0.396 e. The van der Waals surface area contributed by atoms with Crippen molar-refractivity contribution in [2.75, 3.05) is 5.73 Å². The molecule has 0 bridgehead atoms. The standard InChI is InChI=1S/C9H7BrN4OS/c10-5-3-6(11)8(13-4-5)16-9-12-2-1-7(15)14-9/h1-4H,11H2,(H,12,14,15). The number of H-pyrrole nitrogens is 1. The fourth-order valence-electron chi connectivity index (χ4n) is 1.02. The molecule has 0 aliphatic carbocycles. The van der Waals surface area contributed by atoms with Crippen LogP contribution in [0.25, 0.3) is 0 Å². The Balaban J connectivity index is 2.30. The average molecular weight is 299 g/mol. The summed E-state index contributed by atoms with van der Waals surface area (Å²) in [4.78, 5) is 21.8. The predicted molar refractivity (Wildman–Crippen MR) is 65.3 cm³/mol. The van der Waals surface area contributed by atoms with Crippen LogP contribution in [0.1, 0.15) is 0 Å². The zero-order valence-electron chi connectivity index (χ0n) is 7.98. The molecule has 0 saturated carbocycles. The van der Waals surface area contributed by atoms with Crippen molar-refractivity contribution < 1.29 is 0 Å². The van der Waals surface area contributed by atoms with E-state index in [1.54, 1.807) is 12.3 Å². The van der Waals surface area contributed by atoms with Gasteiger partial charge in [0.15, 0.2) is 5.16 Å². The van der Waals surface area contributed by atoms with Crippen molar-refractivity contribution in [1.82, 2.24) is 15.0 Å². The first-order valence-corrected chi connectivity index (χ1v) is 5.90. The lowest BCUT2D eigenvalue weighted by molar-refractivity contribution is 0.932. The number of nitrogen functional groups attached to an aromatic ring is 1. The zero-order valence-corrected chi connectivity index (χ0v) is 10.4. The van der Waals surface area contributed by atoms with Gasteiger partial charge in [-0.15, -0.1) is 0 Å². The molecule has 0 aliphatic rings. The molecule has 0 radical (unpaired) electrons. The highest BCUT2D eigenvalue weighted by molar-refractivity contribution is 9.10. The largest absolute Gasteiger partial charge is 0.396 e. The molecule has 0 atom stereocenters. The molecule has 0 aliphatic heterocycles. The molecule has 0 amide bonds. The first kappa shape index (κ1) is 11.2. The Kier molecular flexibility index (Phi) is 3.25. The summed E-state index contributed by atoms with van der Waals surface area (Å²) >= 11 is 4.48. The van der Waals surface area contributed by atoms with Crippen LogP contribution >= 0.6 is 27.7 Å². The number of nitrogens with one attached hydrogen (secondary N) is 1. The molecule has 0 spiro atoms. The van der Waals surface area contributed by atoms with Gasteiger partial charge in [0.2, 0.25) is 0 Å². The lowest BCUT2D eigenvalue weighted by Gasteiger charge is -2.03. The summed E-state index contributed by atoms with van der Waals surface area (Å²) in [5.74, 6) is 0. The van der Waals surface area contributed by atoms with Gasteiger partial charge in [0.05, 0.1) is 5.69 Å². The molecular weight excluding hydrogens is 292 g/mol. The number of nitrogens with zero attached hydrogens (tertiary/aromatic N) is 2. The second-order valence-corrected chi connectivity index (χ2v) is 4.78. The summed E-state index contributed by atoms with van der Waals surface area (Å²) in [5, 5.41) is 1.08. The van der Waals surface area contributed by atoms with E-state index in [9.17, 15) is 4.79 Å². The van der Waals surface area contributed by atoms with Gasteiger partial charge >= 0.3 is 0 Å². The molecule has 0 saturated heterocycles. The predicted octanol–water partition coefficient (Wildman–Crippen LogP) is 1.66. The van der Waals surface area contributed by atoms with Crippen LogP contribution in [0.3, 0.4) is 0 Å². The van der Waals surface area contributed by atoms with Gasteiger partial charge in [-0.3, -0.25) is 4.79 Å². The molecule has 2 aromatic heterocycles. The summed E-state index contributed by atoms with van der Waals surface area (Å²) in [6, 6.07) is 3.10. The minimum atomic E-state index is -0.201. The van der Waals surface area contributed by atoms with E-state index in [0.717, 1.165) is 4.47 Å². The summed E-state index contributed by atoms with van der Waals surface area (Å²) in [6.07, 6.45) is 3.08. The van der Waals surface area contributed by atoms with Crippen LogP contribution in [0, 0.1) is 0 Å². The lowest BCUT2D eigenvalue weighted by Crippen LogP contribution is -2.05. The molecule has 82 valence electrons. The van der Waals surface area contributed by atoms with Gasteiger partial charge < -0.3 is 10.7 Å². The second kappa shape index (κ2) is 4.67. The molecule has 16 heavy (non-hydrogen) atoms. The number of nitrogens with two attached hydrogens (primary N) is 1. The monoisotopic (exact) mass is 298 g/mol. The van der Waals surface area contributed by atoms with Crippen LogP contribution < -0.4 is 11.3 Å². The highest BCUT2D eigenvalue weighted by Crippen LogP contribution is 2.28. The van der Waals surface area contributed by atoms with E-state index in [-0.39, 0.29) is 5.56 Å². The van der Waals surface area contributed by atoms with Crippen LogP contribution in [-0.2, 0) is 0 Å². The molecule has 5 nitrogen and oxygen atoms in total. The fraction of sp³-hybridized carbons (Fsp3) is 0. The van der Waals surface area contributed by atoms with Crippen molar-refractivity contribution in [3.63, 3.8) is 0 Å². The number of hydrogen-bond acceptors (Lipinski definition) is 5. The summed E-state index contributed by atoms with van der Waals surface area (Å²) in [5.41, 5.74) is 6.11. The smallest absolute Gasteiger partial charge is 0.251 e. The van der Waals surface area contributed by atoms with Crippen molar-refractivity contribution in [3.05, 3.63) is 39.4 Å². The Labute approximate surface area is 104 Å². The average Bonchev–Trinajstić information content (AvgIpc) is 2.22. The van der Waals surface area contributed by atoms with Gasteiger partial charge in [-0.1, -0.05) is 0 Å². The van der Waals surface area contributed by atoms with Crippen molar-refractivity contribution in [1.29, 1.82) is 0 Å². The van der Waals surface area contributed by atoms with E-state index in [1.165, 1.54) is 24.0 Å². The van der Waals surface area contributed by atoms with Crippen LogP contribution in [-0.4, -0.2) is 15.0 Å². The van der Waals surface area contributed by atoms with Gasteiger partial charge in [0.1, 0.15) is 5.03 Å². The highest BCUT2D eigenvalue weighted by atomic mass is 79.9. The first-order valence-electron chi connectivity index (χ1n) is 4.29. The van der Waals surface area contributed by atoms with E-state index in [0.29, 0.717) is 15.9 Å².